The van der Waals surface area contributed by atoms with Crippen LogP contribution in [-0.4, -0.2) is 12.6 Å². The van der Waals surface area contributed by atoms with E-state index in [9.17, 15) is 0 Å². The van der Waals surface area contributed by atoms with Gasteiger partial charge in [-0.3, -0.25) is 0 Å². The lowest BCUT2D eigenvalue weighted by atomic mass is 9.82. The molecule has 0 aliphatic heterocycles. The van der Waals surface area contributed by atoms with Crippen LogP contribution in [0.1, 0.15) is 32.6 Å². The summed E-state index contributed by atoms with van der Waals surface area (Å²) in [5, 5.41) is 3.66. The smallest absolute Gasteiger partial charge is 0.0101 e. The van der Waals surface area contributed by atoms with Crippen molar-refractivity contribution in [3.8, 4) is 0 Å². The average Bonchev–Trinajstić information content (AvgIpc) is 2.70. The molecular weight excluding hydrogens is 146 g/mol. The topological polar surface area (TPSA) is 12.0 Å². The highest BCUT2D eigenvalue weighted by Crippen LogP contribution is 2.60. The second-order valence-corrected chi connectivity index (χ2v) is 4.96. The van der Waals surface area contributed by atoms with Crippen LogP contribution in [0.4, 0.5) is 0 Å². The maximum absolute atomic E-state index is 3.66. The van der Waals surface area contributed by atoms with Crippen LogP contribution >= 0.6 is 0 Å². The van der Waals surface area contributed by atoms with Gasteiger partial charge >= 0.3 is 0 Å². The first kappa shape index (κ1) is 7.37. The highest BCUT2D eigenvalue weighted by molar-refractivity contribution is 5.07. The van der Waals surface area contributed by atoms with Gasteiger partial charge in [0.1, 0.15) is 0 Å². The Kier molecular flexibility index (Phi) is 1.52. The van der Waals surface area contributed by atoms with E-state index >= 15 is 0 Å². The fourth-order valence-electron chi connectivity index (χ4n) is 4.33. The van der Waals surface area contributed by atoms with Crippen molar-refractivity contribution in [3.63, 3.8) is 0 Å². The van der Waals surface area contributed by atoms with Gasteiger partial charge in [0.15, 0.2) is 0 Å². The molecule has 3 unspecified atom stereocenters. The van der Waals surface area contributed by atoms with Gasteiger partial charge in [-0.2, -0.15) is 0 Å². The van der Waals surface area contributed by atoms with E-state index in [0.717, 1.165) is 29.7 Å². The van der Waals surface area contributed by atoms with Crippen molar-refractivity contribution in [1.82, 2.24) is 5.32 Å². The minimum absolute atomic E-state index is 0.904. The molecule has 0 saturated heterocycles. The van der Waals surface area contributed by atoms with E-state index in [2.05, 4.69) is 12.2 Å². The summed E-state index contributed by atoms with van der Waals surface area (Å²) in [6.45, 7) is 3.41. The first-order valence-electron chi connectivity index (χ1n) is 5.63. The Morgan fingerprint density at radius 2 is 2.00 bits per heavy atom. The Balaban J connectivity index is 1.75. The summed E-state index contributed by atoms with van der Waals surface area (Å²) in [6.07, 6.45) is 6.19. The second kappa shape index (κ2) is 2.47. The van der Waals surface area contributed by atoms with E-state index in [1.54, 1.807) is 19.3 Å². The Morgan fingerprint density at radius 3 is 2.67 bits per heavy atom. The van der Waals surface area contributed by atoms with Crippen LogP contribution in [0.2, 0.25) is 0 Å². The lowest BCUT2D eigenvalue weighted by Gasteiger charge is -2.29. The van der Waals surface area contributed by atoms with E-state index in [0.29, 0.717) is 0 Å². The van der Waals surface area contributed by atoms with Crippen LogP contribution in [0.15, 0.2) is 0 Å². The Hall–Kier alpha value is -0.0400. The van der Waals surface area contributed by atoms with Gasteiger partial charge in [-0.1, -0.05) is 6.92 Å². The zero-order chi connectivity index (χ0) is 8.13. The molecule has 1 heteroatoms. The first-order valence-corrected chi connectivity index (χ1v) is 5.63. The highest BCUT2D eigenvalue weighted by Gasteiger charge is 2.55. The van der Waals surface area contributed by atoms with Crippen molar-refractivity contribution in [1.29, 1.82) is 0 Å². The Labute approximate surface area is 74.9 Å². The molecule has 0 amide bonds. The van der Waals surface area contributed by atoms with Crippen molar-refractivity contribution in [2.75, 3.05) is 6.54 Å². The molecule has 3 aliphatic rings. The molecule has 68 valence electrons. The standard InChI is InChI=1S/C11H19N/c1-2-12-11-6-9-7-3-4-8(9)10(11)5-7/h7-12H,2-6H2,1H3/t7-,8?,9?,10?,11-/m1/s1. The van der Waals surface area contributed by atoms with Crippen molar-refractivity contribution in [2.24, 2.45) is 23.7 Å². The summed E-state index contributed by atoms with van der Waals surface area (Å²) >= 11 is 0. The van der Waals surface area contributed by atoms with Gasteiger partial charge in [0, 0.05) is 6.04 Å². The molecule has 1 N–H and O–H groups in total. The summed E-state index contributed by atoms with van der Waals surface area (Å²) in [6, 6.07) is 0.904. The van der Waals surface area contributed by atoms with Gasteiger partial charge in [-0.25, -0.2) is 0 Å². The Morgan fingerprint density at radius 1 is 1.08 bits per heavy atom. The molecule has 3 aliphatic carbocycles. The van der Waals surface area contributed by atoms with Gasteiger partial charge in [0.05, 0.1) is 0 Å². The van der Waals surface area contributed by atoms with Crippen LogP contribution in [0.5, 0.6) is 0 Å². The fraction of sp³-hybridized carbons (Fsp3) is 1.00. The number of hydrogen-bond acceptors (Lipinski definition) is 1. The third kappa shape index (κ3) is 0.783. The fourth-order valence-corrected chi connectivity index (χ4v) is 4.33. The van der Waals surface area contributed by atoms with Gasteiger partial charge in [0.25, 0.3) is 0 Å². The van der Waals surface area contributed by atoms with Gasteiger partial charge in [-0.15, -0.1) is 0 Å². The third-order valence-electron chi connectivity index (χ3n) is 4.66. The van der Waals surface area contributed by atoms with Crippen LogP contribution in [0.3, 0.4) is 0 Å². The quantitative estimate of drug-likeness (QED) is 0.660. The van der Waals surface area contributed by atoms with E-state index in [1.165, 1.54) is 13.0 Å². The molecule has 3 fully saturated rings. The van der Waals surface area contributed by atoms with E-state index in [1.807, 2.05) is 0 Å². The van der Waals surface area contributed by atoms with E-state index in [4.69, 9.17) is 0 Å². The van der Waals surface area contributed by atoms with Crippen LogP contribution < -0.4 is 5.32 Å². The lowest BCUT2D eigenvalue weighted by molar-refractivity contribution is 0.252. The molecule has 12 heavy (non-hydrogen) atoms. The summed E-state index contributed by atoms with van der Waals surface area (Å²) in [5.41, 5.74) is 0. The van der Waals surface area contributed by atoms with E-state index < -0.39 is 0 Å². The van der Waals surface area contributed by atoms with Crippen molar-refractivity contribution < 1.29 is 0 Å². The zero-order valence-electron chi connectivity index (χ0n) is 7.92. The molecule has 0 aromatic carbocycles. The van der Waals surface area contributed by atoms with Gasteiger partial charge < -0.3 is 5.32 Å². The molecule has 0 spiro atoms. The predicted octanol–water partition coefficient (Wildman–Crippen LogP) is 2.03. The molecule has 0 radical (unpaired) electrons. The second-order valence-electron chi connectivity index (χ2n) is 4.96. The molecule has 4 bridgehead atoms. The number of rotatable bonds is 2. The predicted molar refractivity (Wildman–Crippen MR) is 49.9 cm³/mol. The van der Waals surface area contributed by atoms with Crippen LogP contribution in [0, 0.1) is 23.7 Å². The normalized spacial score (nSPS) is 55.2. The average molecular weight is 165 g/mol. The molecule has 0 aromatic rings. The maximum Gasteiger partial charge on any atom is 0.0101 e. The molecule has 0 aromatic heterocycles. The van der Waals surface area contributed by atoms with Gasteiger partial charge in [-0.05, 0) is 55.9 Å². The van der Waals surface area contributed by atoms with E-state index in [-0.39, 0.29) is 0 Å². The Bertz CT molecular complexity index is 189. The summed E-state index contributed by atoms with van der Waals surface area (Å²) < 4.78 is 0. The molecule has 5 atom stereocenters. The van der Waals surface area contributed by atoms with Crippen molar-refractivity contribution >= 4 is 0 Å². The first-order chi connectivity index (χ1) is 5.90. The molecule has 3 rings (SSSR count). The molecular formula is C11H19N. The molecule has 0 heterocycles. The van der Waals surface area contributed by atoms with Gasteiger partial charge in [0.2, 0.25) is 0 Å². The van der Waals surface area contributed by atoms with Crippen molar-refractivity contribution in [2.45, 2.75) is 38.6 Å². The number of nitrogens with one attached hydrogen (secondary N) is 1. The van der Waals surface area contributed by atoms with Crippen LogP contribution in [0.25, 0.3) is 0 Å². The maximum atomic E-state index is 3.66. The monoisotopic (exact) mass is 165 g/mol. The zero-order valence-corrected chi connectivity index (χ0v) is 7.92. The highest BCUT2D eigenvalue weighted by atomic mass is 14.9. The minimum atomic E-state index is 0.904. The number of hydrogen-bond donors (Lipinski definition) is 1. The summed E-state index contributed by atoms with van der Waals surface area (Å²) in [4.78, 5) is 0. The molecule has 1 nitrogen and oxygen atoms in total. The van der Waals surface area contributed by atoms with Crippen molar-refractivity contribution in [3.05, 3.63) is 0 Å². The SMILES string of the molecule is CCN[C@@H]1CC2C3CC[C@@H]2CC31. The largest absolute Gasteiger partial charge is 0.314 e. The minimum Gasteiger partial charge on any atom is -0.314 e. The van der Waals surface area contributed by atoms with Crippen LogP contribution in [-0.2, 0) is 0 Å². The lowest BCUT2D eigenvalue weighted by Crippen LogP contribution is -2.36. The molecule has 3 saturated carbocycles. The summed E-state index contributed by atoms with van der Waals surface area (Å²) in [7, 11) is 0. The third-order valence-corrected chi connectivity index (χ3v) is 4.66. The summed E-state index contributed by atoms with van der Waals surface area (Å²) in [5.74, 6) is 4.50.